The SMILES string of the molecule is COC(C)(C)Cc1nc2cc(F)c(F)cc2n1CC(=O)O. The molecule has 1 aromatic heterocycles. The number of benzene rings is 1. The van der Waals surface area contributed by atoms with E-state index in [1.165, 1.54) is 11.7 Å². The van der Waals surface area contributed by atoms with Gasteiger partial charge in [-0.05, 0) is 13.8 Å². The number of halogens is 2. The average molecular weight is 298 g/mol. The van der Waals surface area contributed by atoms with Crippen LogP contribution in [-0.2, 0) is 22.5 Å². The number of hydrogen-bond donors (Lipinski definition) is 1. The Kier molecular flexibility index (Phi) is 3.95. The first kappa shape index (κ1) is 15.4. The van der Waals surface area contributed by atoms with Crippen molar-refractivity contribution in [3.05, 3.63) is 29.6 Å². The largest absolute Gasteiger partial charge is 0.480 e. The van der Waals surface area contributed by atoms with Gasteiger partial charge < -0.3 is 14.4 Å². The van der Waals surface area contributed by atoms with Crippen LogP contribution in [0.4, 0.5) is 8.78 Å². The number of aliphatic carboxylic acids is 1. The Balaban J connectivity index is 2.60. The van der Waals surface area contributed by atoms with Crippen molar-refractivity contribution in [2.45, 2.75) is 32.4 Å². The molecule has 1 heterocycles. The highest BCUT2D eigenvalue weighted by atomic mass is 19.2. The molecule has 5 nitrogen and oxygen atoms in total. The topological polar surface area (TPSA) is 64.4 Å². The predicted molar refractivity (Wildman–Crippen MR) is 72.1 cm³/mol. The maximum atomic E-state index is 13.4. The fourth-order valence-electron chi connectivity index (χ4n) is 2.07. The molecule has 2 rings (SSSR count). The molecule has 2 aromatic rings. The quantitative estimate of drug-likeness (QED) is 0.920. The Morgan fingerprint density at radius 1 is 1.38 bits per heavy atom. The molecule has 0 atom stereocenters. The summed E-state index contributed by atoms with van der Waals surface area (Å²) in [6.45, 7) is 3.26. The lowest BCUT2D eigenvalue weighted by molar-refractivity contribution is -0.137. The maximum absolute atomic E-state index is 13.4. The molecule has 0 radical (unpaired) electrons. The Labute approximate surface area is 120 Å². The monoisotopic (exact) mass is 298 g/mol. The summed E-state index contributed by atoms with van der Waals surface area (Å²) in [6, 6.07) is 1.93. The minimum absolute atomic E-state index is 0.219. The molecule has 1 N–H and O–H groups in total. The lowest BCUT2D eigenvalue weighted by Gasteiger charge is -2.22. The van der Waals surface area contributed by atoms with Crippen molar-refractivity contribution in [1.29, 1.82) is 0 Å². The number of hydrogen-bond acceptors (Lipinski definition) is 3. The lowest BCUT2D eigenvalue weighted by Crippen LogP contribution is -2.28. The molecule has 114 valence electrons. The Morgan fingerprint density at radius 2 is 2.00 bits per heavy atom. The summed E-state index contributed by atoms with van der Waals surface area (Å²) in [6.07, 6.45) is 0.314. The fraction of sp³-hybridized carbons (Fsp3) is 0.429. The number of nitrogens with zero attached hydrogens (tertiary/aromatic N) is 2. The second kappa shape index (κ2) is 5.40. The molecule has 0 fully saturated rings. The van der Waals surface area contributed by atoms with E-state index in [1.54, 1.807) is 0 Å². The molecule has 0 saturated heterocycles. The van der Waals surface area contributed by atoms with Crippen molar-refractivity contribution in [1.82, 2.24) is 9.55 Å². The van der Waals surface area contributed by atoms with Crippen LogP contribution in [0.25, 0.3) is 11.0 Å². The van der Waals surface area contributed by atoms with Gasteiger partial charge >= 0.3 is 5.97 Å². The zero-order valence-electron chi connectivity index (χ0n) is 12.0. The van der Waals surface area contributed by atoms with Crippen molar-refractivity contribution in [2.24, 2.45) is 0 Å². The van der Waals surface area contributed by atoms with Gasteiger partial charge in [0.1, 0.15) is 12.4 Å². The molecule has 0 aliphatic rings. The van der Waals surface area contributed by atoms with Gasteiger partial charge in [0, 0.05) is 25.7 Å². The van der Waals surface area contributed by atoms with Crippen LogP contribution in [0.1, 0.15) is 19.7 Å². The summed E-state index contributed by atoms with van der Waals surface area (Å²) in [7, 11) is 1.53. The van der Waals surface area contributed by atoms with Gasteiger partial charge in [0.2, 0.25) is 0 Å². The van der Waals surface area contributed by atoms with Gasteiger partial charge in [0.05, 0.1) is 16.6 Å². The molecule has 0 aliphatic heterocycles. The Morgan fingerprint density at radius 3 is 2.57 bits per heavy atom. The predicted octanol–water partition coefficient (Wildman–Crippen LogP) is 2.37. The van der Waals surface area contributed by atoms with Gasteiger partial charge in [0.25, 0.3) is 0 Å². The number of carbonyl (C=O) groups is 1. The molecule has 0 amide bonds. The van der Waals surface area contributed by atoms with E-state index in [2.05, 4.69) is 4.98 Å². The van der Waals surface area contributed by atoms with Gasteiger partial charge in [-0.3, -0.25) is 4.79 Å². The van der Waals surface area contributed by atoms with E-state index in [9.17, 15) is 13.6 Å². The smallest absolute Gasteiger partial charge is 0.323 e. The number of ether oxygens (including phenoxy) is 1. The minimum Gasteiger partial charge on any atom is -0.480 e. The van der Waals surface area contributed by atoms with Gasteiger partial charge in [-0.15, -0.1) is 0 Å². The maximum Gasteiger partial charge on any atom is 0.323 e. The molecule has 0 saturated carbocycles. The van der Waals surface area contributed by atoms with Crippen LogP contribution in [0.15, 0.2) is 12.1 Å². The highest BCUT2D eigenvalue weighted by molar-refractivity contribution is 5.78. The summed E-state index contributed by atoms with van der Waals surface area (Å²) >= 11 is 0. The zero-order valence-corrected chi connectivity index (χ0v) is 12.0. The van der Waals surface area contributed by atoms with E-state index in [0.717, 1.165) is 12.1 Å². The van der Waals surface area contributed by atoms with Crippen LogP contribution in [0.5, 0.6) is 0 Å². The number of fused-ring (bicyclic) bond motifs is 1. The third kappa shape index (κ3) is 3.18. The first-order valence-corrected chi connectivity index (χ1v) is 6.34. The summed E-state index contributed by atoms with van der Waals surface area (Å²) in [5.74, 6) is -2.73. The molecule has 0 unspecified atom stereocenters. The van der Waals surface area contributed by atoms with Gasteiger partial charge in [-0.1, -0.05) is 0 Å². The van der Waals surface area contributed by atoms with Crippen LogP contribution in [0.3, 0.4) is 0 Å². The van der Waals surface area contributed by atoms with Crippen molar-refractivity contribution in [3.63, 3.8) is 0 Å². The molecular formula is C14H16F2N2O3. The summed E-state index contributed by atoms with van der Waals surface area (Å²) < 4.78 is 33.3. The summed E-state index contributed by atoms with van der Waals surface area (Å²) in [4.78, 5) is 15.2. The van der Waals surface area contributed by atoms with E-state index < -0.39 is 23.2 Å². The first-order valence-electron chi connectivity index (χ1n) is 6.34. The van der Waals surface area contributed by atoms with Crippen LogP contribution >= 0.6 is 0 Å². The molecule has 0 spiro atoms. The average Bonchev–Trinajstić information content (AvgIpc) is 2.67. The van der Waals surface area contributed by atoms with Gasteiger partial charge in [0.15, 0.2) is 11.6 Å². The van der Waals surface area contributed by atoms with Crippen molar-refractivity contribution < 1.29 is 23.4 Å². The van der Waals surface area contributed by atoms with Crippen LogP contribution < -0.4 is 0 Å². The highest BCUT2D eigenvalue weighted by Crippen LogP contribution is 2.23. The van der Waals surface area contributed by atoms with E-state index >= 15 is 0 Å². The number of rotatable bonds is 5. The Bertz CT molecular complexity index is 695. The van der Waals surface area contributed by atoms with Crippen molar-refractivity contribution >= 4 is 17.0 Å². The molecule has 0 bridgehead atoms. The zero-order chi connectivity index (χ0) is 15.8. The van der Waals surface area contributed by atoms with Crippen molar-refractivity contribution in [3.8, 4) is 0 Å². The Hall–Kier alpha value is -2.02. The van der Waals surface area contributed by atoms with Gasteiger partial charge in [-0.2, -0.15) is 0 Å². The highest BCUT2D eigenvalue weighted by Gasteiger charge is 2.23. The molecule has 0 aliphatic carbocycles. The molecule has 7 heteroatoms. The van der Waals surface area contributed by atoms with E-state index in [0.29, 0.717) is 12.2 Å². The summed E-state index contributed by atoms with van der Waals surface area (Å²) in [5, 5.41) is 9.00. The second-order valence-corrected chi connectivity index (χ2v) is 5.40. The van der Waals surface area contributed by atoms with Gasteiger partial charge in [-0.25, -0.2) is 13.8 Å². The standard InChI is InChI=1S/C14H16F2N2O3/c1-14(2,21-3)6-12-17-10-4-8(15)9(16)5-11(10)18(12)7-13(19)20/h4-5H,6-7H2,1-3H3,(H,19,20). The first-order chi connectivity index (χ1) is 9.73. The fourth-order valence-corrected chi connectivity index (χ4v) is 2.07. The summed E-state index contributed by atoms with van der Waals surface area (Å²) in [5.41, 5.74) is -0.107. The second-order valence-electron chi connectivity index (χ2n) is 5.40. The number of aromatic nitrogens is 2. The third-order valence-corrected chi connectivity index (χ3v) is 3.30. The normalized spacial score (nSPS) is 12.0. The number of imidazole rings is 1. The minimum atomic E-state index is -1.09. The molecular weight excluding hydrogens is 282 g/mol. The molecule has 1 aromatic carbocycles. The van der Waals surface area contributed by atoms with Crippen LogP contribution in [-0.4, -0.2) is 33.3 Å². The van der Waals surface area contributed by atoms with Crippen molar-refractivity contribution in [2.75, 3.05) is 7.11 Å². The number of carboxylic acid groups (broad SMARTS) is 1. The third-order valence-electron chi connectivity index (χ3n) is 3.30. The number of methoxy groups -OCH3 is 1. The van der Waals surface area contributed by atoms with E-state index in [-0.39, 0.29) is 17.6 Å². The molecule has 21 heavy (non-hydrogen) atoms. The van der Waals surface area contributed by atoms with Crippen LogP contribution in [0.2, 0.25) is 0 Å². The van der Waals surface area contributed by atoms with Crippen LogP contribution in [0, 0.1) is 11.6 Å². The lowest BCUT2D eigenvalue weighted by atomic mass is 10.1. The van der Waals surface area contributed by atoms with E-state index in [4.69, 9.17) is 9.84 Å². The van der Waals surface area contributed by atoms with E-state index in [1.807, 2.05) is 13.8 Å². The number of carboxylic acids is 1.